The molecule has 0 saturated heterocycles. The highest BCUT2D eigenvalue weighted by atomic mass is 19.2. The first-order valence-corrected chi connectivity index (χ1v) is 9.82. The molecular formula is C24H20F2N4O2. The van der Waals surface area contributed by atoms with Crippen molar-refractivity contribution in [3.05, 3.63) is 100 Å². The zero-order chi connectivity index (χ0) is 22.7. The lowest BCUT2D eigenvalue weighted by molar-refractivity contribution is 0.402. The summed E-state index contributed by atoms with van der Waals surface area (Å²) >= 11 is 0. The molecule has 4 rings (SSSR count). The van der Waals surface area contributed by atoms with E-state index in [-0.39, 0.29) is 18.2 Å². The van der Waals surface area contributed by atoms with Crippen LogP contribution in [0.25, 0.3) is 11.1 Å². The lowest BCUT2D eigenvalue weighted by atomic mass is 10.0. The topological polar surface area (TPSA) is 69.0 Å². The zero-order valence-corrected chi connectivity index (χ0v) is 17.5. The van der Waals surface area contributed by atoms with E-state index in [0.717, 1.165) is 34.5 Å². The summed E-state index contributed by atoms with van der Waals surface area (Å²) in [7, 11) is 1.37. The van der Waals surface area contributed by atoms with Crippen molar-refractivity contribution in [1.82, 2.24) is 14.5 Å². The van der Waals surface area contributed by atoms with Crippen LogP contribution < -0.4 is 15.6 Å². The summed E-state index contributed by atoms with van der Waals surface area (Å²) in [6, 6.07) is 13.3. The van der Waals surface area contributed by atoms with E-state index in [2.05, 4.69) is 15.3 Å². The van der Waals surface area contributed by atoms with Gasteiger partial charge >= 0.3 is 5.56 Å². The first-order chi connectivity index (χ1) is 15.4. The summed E-state index contributed by atoms with van der Waals surface area (Å²) in [5, 5.41) is 3.20. The number of hydrogen-bond acceptors (Lipinski definition) is 5. The Morgan fingerprint density at radius 2 is 1.91 bits per heavy atom. The highest BCUT2D eigenvalue weighted by Gasteiger charge is 2.13. The number of halogens is 2. The van der Waals surface area contributed by atoms with Crippen LogP contribution in [0.4, 0.5) is 20.4 Å². The first-order valence-electron chi connectivity index (χ1n) is 9.82. The molecule has 0 aliphatic carbocycles. The fourth-order valence-electron chi connectivity index (χ4n) is 3.26. The molecule has 0 amide bonds. The molecule has 0 aliphatic rings. The summed E-state index contributed by atoms with van der Waals surface area (Å²) in [5.74, 6) is -1.59. The van der Waals surface area contributed by atoms with E-state index in [1.165, 1.54) is 19.4 Å². The predicted octanol–water partition coefficient (Wildman–Crippen LogP) is 4.69. The molecule has 0 aliphatic heterocycles. The SMILES string of the molecule is COc1cn(Cc2ccc(F)c(F)c2)c(Nc2cc(-c3cccnc3)ccc2C)nc1=O. The lowest BCUT2D eigenvalue weighted by Crippen LogP contribution is -2.19. The van der Waals surface area contributed by atoms with E-state index in [9.17, 15) is 13.6 Å². The van der Waals surface area contributed by atoms with Gasteiger partial charge in [0.2, 0.25) is 11.7 Å². The average molecular weight is 434 g/mol. The minimum Gasteiger partial charge on any atom is -0.490 e. The van der Waals surface area contributed by atoms with E-state index in [1.54, 1.807) is 17.0 Å². The molecule has 0 bridgehead atoms. The number of aromatic nitrogens is 3. The highest BCUT2D eigenvalue weighted by Crippen LogP contribution is 2.27. The van der Waals surface area contributed by atoms with Gasteiger partial charge in [0.25, 0.3) is 0 Å². The molecule has 0 saturated carbocycles. The number of ether oxygens (including phenoxy) is 1. The number of anilines is 2. The predicted molar refractivity (Wildman–Crippen MR) is 118 cm³/mol. The Bertz CT molecular complexity index is 1320. The Labute approximate surface area is 183 Å². The third-order valence-electron chi connectivity index (χ3n) is 5.00. The van der Waals surface area contributed by atoms with E-state index < -0.39 is 17.2 Å². The van der Waals surface area contributed by atoms with E-state index >= 15 is 0 Å². The third kappa shape index (κ3) is 4.49. The van der Waals surface area contributed by atoms with Crippen molar-refractivity contribution in [1.29, 1.82) is 0 Å². The van der Waals surface area contributed by atoms with Crippen molar-refractivity contribution < 1.29 is 13.5 Å². The second-order valence-electron chi connectivity index (χ2n) is 7.21. The normalized spacial score (nSPS) is 10.8. The van der Waals surface area contributed by atoms with Gasteiger partial charge in [-0.25, -0.2) is 8.78 Å². The Morgan fingerprint density at radius 3 is 2.62 bits per heavy atom. The summed E-state index contributed by atoms with van der Waals surface area (Å²) in [4.78, 5) is 20.6. The highest BCUT2D eigenvalue weighted by molar-refractivity contribution is 5.71. The van der Waals surface area contributed by atoms with Crippen molar-refractivity contribution in [2.24, 2.45) is 0 Å². The standard InChI is InChI=1S/C24H20F2N4O2/c1-15-5-7-17(18-4-3-9-27-12-18)11-21(15)28-24-29-23(31)22(32-2)14-30(24)13-16-6-8-19(25)20(26)10-16/h3-12,14H,13H2,1-2H3,(H,28,29,31). The fraction of sp³-hybridized carbons (Fsp3) is 0.125. The largest absolute Gasteiger partial charge is 0.490 e. The fourth-order valence-corrected chi connectivity index (χ4v) is 3.26. The van der Waals surface area contributed by atoms with E-state index in [0.29, 0.717) is 5.56 Å². The Morgan fingerprint density at radius 1 is 1.06 bits per heavy atom. The molecule has 0 unspecified atom stereocenters. The van der Waals surface area contributed by atoms with Crippen LogP contribution in [0.5, 0.6) is 5.75 Å². The number of benzene rings is 2. The van der Waals surface area contributed by atoms with Gasteiger partial charge in [-0.15, -0.1) is 0 Å². The van der Waals surface area contributed by atoms with Crippen LogP contribution in [0, 0.1) is 18.6 Å². The smallest absolute Gasteiger partial charge is 0.316 e. The van der Waals surface area contributed by atoms with Crippen LogP contribution >= 0.6 is 0 Å². The first kappa shape index (κ1) is 21.2. The molecule has 8 heteroatoms. The zero-order valence-electron chi connectivity index (χ0n) is 17.5. The minimum absolute atomic E-state index is 0.0407. The van der Waals surface area contributed by atoms with Gasteiger partial charge in [0.15, 0.2) is 11.6 Å². The molecule has 1 N–H and O–H groups in total. The van der Waals surface area contributed by atoms with Crippen molar-refractivity contribution in [3.63, 3.8) is 0 Å². The van der Waals surface area contributed by atoms with Gasteiger partial charge in [-0.2, -0.15) is 4.98 Å². The maximum Gasteiger partial charge on any atom is 0.316 e. The monoisotopic (exact) mass is 434 g/mol. The molecule has 0 atom stereocenters. The summed E-state index contributed by atoms with van der Waals surface area (Å²) < 4.78 is 33.7. The number of aryl methyl sites for hydroxylation is 1. The molecule has 0 radical (unpaired) electrons. The molecule has 2 heterocycles. The number of rotatable bonds is 6. The Hall–Kier alpha value is -4.07. The summed E-state index contributed by atoms with van der Waals surface area (Å²) in [5.41, 5.74) is 3.51. The van der Waals surface area contributed by atoms with Crippen molar-refractivity contribution >= 4 is 11.6 Å². The molecule has 6 nitrogen and oxygen atoms in total. The number of nitrogens with zero attached hydrogens (tertiary/aromatic N) is 3. The Balaban J connectivity index is 1.74. The van der Waals surface area contributed by atoms with Crippen LogP contribution in [0.2, 0.25) is 0 Å². The summed E-state index contributed by atoms with van der Waals surface area (Å²) in [6.07, 6.45) is 4.95. The molecule has 2 aromatic heterocycles. The Kier molecular flexibility index (Phi) is 5.93. The number of nitrogens with one attached hydrogen (secondary N) is 1. The molecule has 32 heavy (non-hydrogen) atoms. The van der Waals surface area contributed by atoms with E-state index in [4.69, 9.17) is 4.74 Å². The van der Waals surface area contributed by atoms with Gasteiger partial charge in [-0.05, 0) is 47.9 Å². The maximum atomic E-state index is 13.7. The second kappa shape index (κ2) is 8.97. The van der Waals surface area contributed by atoms with Crippen molar-refractivity contribution in [2.45, 2.75) is 13.5 Å². The van der Waals surface area contributed by atoms with Gasteiger partial charge in [0, 0.05) is 23.6 Å². The van der Waals surface area contributed by atoms with Crippen LogP contribution in [0.15, 0.2) is 71.9 Å². The molecule has 0 fully saturated rings. The lowest BCUT2D eigenvalue weighted by Gasteiger charge is -2.17. The third-order valence-corrected chi connectivity index (χ3v) is 5.00. The van der Waals surface area contributed by atoms with Crippen LogP contribution in [0.3, 0.4) is 0 Å². The molecule has 4 aromatic rings. The second-order valence-corrected chi connectivity index (χ2v) is 7.21. The van der Waals surface area contributed by atoms with Crippen molar-refractivity contribution in [2.75, 3.05) is 12.4 Å². The van der Waals surface area contributed by atoms with Gasteiger partial charge in [0.1, 0.15) is 0 Å². The number of methoxy groups -OCH3 is 1. The van der Waals surface area contributed by atoms with Crippen molar-refractivity contribution in [3.8, 4) is 16.9 Å². The molecule has 162 valence electrons. The average Bonchev–Trinajstić information content (AvgIpc) is 2.80. The maximum absolute atomic E-state index is 13.7. The molecule has 0 spiro atoms. The number of hydrogen-bond donors (Lipinski definition) is 1. The summed E-state index contributed by atoms with van der Waals surface area (Å²) in [6.45, 7) is 2.07. The van der Waals surface area contributed by atoms with E-state index in [1.807, 2.05) is 37.3 Å². The molecular weight excluding hydrogens is 414 g/mol. The van der Waals surface area contributed by atoms with Gasteiger partial charge in [-0.1, -0.05) is 24.3 Å². The van der Waals surface area contributed by atoms with Gasteiger partial charge in [-0.3, -0.25) is 9.78 Å². The van der Waals surface area contributed by atoms with Crippen LogP contribution in [-0.4, -0.2) is 21.6 Å². The van der Waals surface area contributed by atoms with Gasteiger partial charge < -0.3 is 14.6 Å². The number of pyridine rings is 1. The quantitative estimate of drug-likeness (QED) is 0.477. The van der Waals surface area contributed by atoms with Gasteiger partial charge in [0.05, 0.1) is 19.9 Å². The minimum atomic E-state index is -0.946. The molecule has 2 aromatic carbocycles. The van der Waals surface area contributed by atoms with Crippen LogP contribution in [-0.2, 0) is 6.54 Å². The van der Waals surface area contributed by atoms with Crippen LogP contribution in [0.1, 0.15) is 11.1 Å².